The van der Waals surface area contributed by atoms with E-state index in [1.165, 1.54) is 36.9 Å². The molecule has 4 heteroatoms. The maximum absolute atomic E-state index is 9.14. The Kier molecular flexibility index (Phi) is 4.69. The number of nitrogens with zero attached hydrogens (tertiary/aromatic N) is 2. The predicted molar refractivity (Wildman–Crippen MR) is 93.5 cm³/mol. The van der Waals surface area contributed by atoms with Crippen molar-refractivity contribution in [1.29, 1.82) is 0 Å². The van der Waals surface area contributed by atoms with Gasteiger partial charge in [0.05, 0.1) is 6.54 Å². The van der Waals surface area contributed by atoms with Crippen LogP contribution in [0.4, 0.5) is 0 Å². The maximum atomic E-state index is 9.14. The molecule has 0 bridgehead atoms. The second kappa shape index (κ2) is 7.09. The molecule has 1 N–H and O–H groups in total. The fourth-order valence-electron chi connectivity index (χ4n) is 4.11. The van der Waals surface area contributed by atoms with E-state index < -0.39 is 0 Å². The maximum Gasteiger partial charge on any atom is 0.129 e. The van der Waals surface area contributed by atoms with Crippen LogP contribution in [0.1, 0.15) is 35.5 Å². The number of rotatable bonds is 4. The first-order valence-corrected chi connectivity index (χ1v) is 9.03. The quantitative estimate of drug-likeness (QED) is 0.938. The Morgan fingerprint density at radius 1 is 1.04 bits per heavy atom. The molecule has 1 saturated heterocycles. The summed E-state index contributed by atoms with van der Waals surface area (Å²) in [6, 6.07) is 13.4. The molecule has 3 heterocycles. The number of benzene rings is 1. The van der Waals surface area contributed by atoms with Crippen LogP contribution in [0.5, 0.6) is 0 Å². The Balaban J connectivity index is 1.38. The van der Waals surface area contributed by atoms with Crippen molar-refractivity contribution in [2.45, 2.75) is 45.0 Å². The van der Waals surface area contributed by atoms with Gasteiger partial charge in [0.25, 0.3) is 0 Å². The van der Waals surface area contributed by atoms with Gasteiger partial charge in [0.2, 0.25) is 0 Å². The molecule has 0 amide bonds. The molecule has 1 aromatic carbocycles. The van der Waals surface area contributed by atoms with E-state index in [0.29, 0.717) is 11.8 Å². The summed E-state index contributed by atoms with van der Waals surface area (Å²) in [4.78, 5) is 5.16. The van der Waals surface area contributed by atoms with Crippen molar-refractivity contribution >= 4 is 0 Å². The van der Waals surface area contributed by atoms with Crippen LogP contribution in [-0.4, -0.2) is 40.6 Å². The van der Waals surface area contributed by atoms with Crippen molar-refractivity contribution in [3.8, 4) is 0 Å². The zero-order valence-corrected chi connectivity index (χ0v) is 14.2. The molecular weight excluding hydrogens is 300 g/mol. The van der Waals surface area contributed by atoms with Gasteiger partial charge in [-0.2, -0.15) is 0 Å². The van der Waals surface area contributed by atoms with Crippen LogP contribution in [0, 0.1) is 0 Å². The fourth-order valence-corrected chi connectivity index (χ4v) is 4.11. The van der Waals surface area contributed by atoms with Gasteiger partial charge in [0.1, 0.15) is 18.1 Å². The van der Waals surface area contributed by atoms with E-state index in [1.807, 2.05) is 12.1 Å². The molecule has 0 aliphatic carbocycles. The molecule has 2 aliphatic rings. The Morgan fingerprint density at radius 2 is 1.88 bits per heavy atom. The Hall–Kier alpha value is -1.62. The van der Waals surface area contributed by atoms with Gasteiger partial charge in [-0.3, -0.25) is 9.80 Å². The highest BCUT2D eigenvalue weighted by atomic mass is 16.4. The second-order valence-electron chi connectivity index (χ2n) is 7.05. The normalized spacial score (nSPS) is 22.5. The Bertz CT molecular complexity index is 682. The van der Waals surface area contributed by atoms with Gasteiger partial charge in [0, 0.05) is 25.7 Å². The van der Waals surface area contributed by atoms with Crippen molar-refractivity contribution in [2.75, 3.05) is 19.6 Å². The first kappa shape index (κ1) is 15.9. The molecule has 1 atom stereocenters. The van der Waals surface area contributed by atoms with E-state index in [1.54, 1.807) is 0 Å². The molecule has 128 valence electrons. The number of hydrogen-bond donors (Lipinski definition) is 1. The molecular formula is C20H26N2O2. The SMILES string of the molecule is OCc1ccc(CN2CCCC(N3CCc4ccccc4C3)C2)o1. The van der Waals surface area contributed by atoms with Crippen LogP contribution < -0.4 is 0 Å². The highest BCUT2D eigenvalue weighted by molar-refractivity contribution is 5.29. The van der Waals surface area contributed by atoms with Gasteiger partial charge >= 0.3 is 0 Å². The smallest absolute Gasteiger partial charge is 0.129 e. The summed E-state index contributed by atoms with van der Waals surface area (Å²) in [7, 11) is 0. The Labute approximate surface area is 143 Å². The molecule has 4 rings (SSSR count). The lowest BCUT2D eigenvalue weighted by atomic mass is 9.96. The van der Waals surface area contributed by atoms with Crippen LogP contribution in [-0.2, 0) is 26.1 Å². The van der Waals surface area contributed by atoms with Crippen molar-refractivity contribution in [1.82, 2.24) is 9.80 Å². The minimum atomic E-state index is -0.0180. The van der Waals surface area contributed by atoms with E-state index in [4.69, 9.17) is 9.52 Å². The average molecular weight is 326 g/mol. The third-order valence-corrected chi connectivity index (χ3v) is 5.41. The van der Waals surface area contributed by atoms with Gasteiger partial charge in [-0.25, -0.2) is 0 Å². The van der Waals surface area contributed by atoms with E-state index in [9.17, 15) is 0 Å². The Morgan fingerprint density at radius 3 is 2.71 bits per heavy atom. The first-order chi connectivity index (χ1) is 11.8. The minimum Gasteiger partial charge on any atom is -0.462 e. The molecule has 1 unspecified atom stereocenters. The molecule has 0 radical (unpaired) electrons. The zero-order valence-electron chi connectivity index (χ0n) is 14.2. The summed E-state index contributed by atoms with van der Waals surface area (Å²) < 4.78 is 5.66. The summed E-state index contributed by atoms with van der Waals surface area (Å²) in [5.41, 5.74) is 3.02. The van der Waals surface area contributed by atoms with Crippen LogP contribution >= 0.6 is 0 Å². The molecule has 0 spiro atoms. The number of furan rings is 1. The van der Waals surface area contributed by atoms with Crippen LogP contribution in [0.25, 0.3) is 0 Å². The lowest BCUT2D eigenvalue weighted by molar-refractivity contribution is 0.0796. The number of aliphatic hydroxyl groups excluding tert-OH is 1. The number of fused-ring (bicyclic) bond motifs is 1. The van der Waals surface area contributed by atoms with Crippen LogP contribution in [0.3, 0.4) is 0 Å². The highest BCUT2D eigenvalue weighted by Gasteiger charge is 2.28. The topological polar surface area (TPSA) is 39.9 Å². The molecule has 1 fully saturated rings. The highest BCUT2D eigenvalue weighted by Crippen LogP contribution is 2.25. The molecule has 24 heavy (non-hydrogen) atoms. The van der Waals surface area contributed by atoms with E-state index >= 15 is 0 Å². The molecule has 0 saturated carbocycles. The van der Waals surface area contributed by atoms with Crippen molar-refractivity contribution in [3.63, 3.8) is 0 Å². The van der Waals surface area contributed by atoms with E-state index in [-0.39, 0.29) is 6.61 Å². The first-order valence-electron chi connectivity index (χ1n) is 9.03. The third-order valence-electron chi connectivity index (χ3n) is 5.41. The molecule has 2 aromatic rings. The van der Waals surface area contributed by atoms with Gasteiger partial charge in [0.15, 0.2) is 0 Å². The van der Waals surface area contributed by atoms with Gasteiger partial charge in [-0.1, -0.05) is 24.3 Å². The zero-order chi connectivity index (χ0) is 16.4. The van der Waals surface area contributed by atoms with Crippen molar-refractivity contribution < 1.29 is 9.52 Å². The number of aliphatic hydroxyl groups is 1. The third kappa shape index (κ3) is 3.41. The number of piperidine rings is 1. The van der Waals surface area contributed by atoms with Crippen LogP contribution in [0.2, 0.25) is 0 Å². The summed E-state index contributed by atoms with van der Waals surface area (Å²) in [5.74, 6) is 1.62. The van der Waals surface area contributed by atoms with Crippen LogP contribution in [0.15, 0.2) is 40.8 Å². The summed E-state index contributed by atoms with van der Waals surface area (Å²) in [5, 5.41) is 9.14. The number of likely N-dealkylation sites (tertiary alicyclic amines) is 1. The lowest BCUT2D eigenvalue weighted by Gasteiger charge is -2.41. The van der Waals surface area contributed by atoms with Crippen molar-refractivity contribution in [2.24, 2.45) is 0 Å². The van der Waals surface area contributed by atoms with Gasteiger partial charge in [-0.15, -0.1) is 0 Å². The molecule has 2 aliphatic heterocycles. The summed E-state index contributed by atoms with van der Waals surface area (Å²) >= 11 is 0. The lowest BCUT2D eigenvalue weighted by Crippen LogP contribution is -2.49. The monoisotopic (exact) mass is 326 g/mol. The number of hydrogen-bond acceptors (Lipinski definition) is 4. The largest absolute Gasteiger partial charge is 0.462 e. The summed E-state index contributed by atoms with van der Waals surface area (Å²) in [6.07, 6.45) is 3.71. The second-order valence-corrected chi connectivity index (χ2v) is 7.05. The molecule has 4 nitrogen and oxygen atoms in total. The fraction of sp³-hybridized carbons (Fsp3) is 0.500. The standard InChI is InChI=1S/C20H26N2O2/c23-15-20-8-7-19(24-20)14-21-10-3-6-18(13-21)22-11-9-16-4-1-2-5-17(16)12-22/h1-2,4-5,7-8,18,23H,3,6,9-15H2. The van der Waals surface area contributed by atoms with E-state index in [0.717, 1.165) is 31.9 Å². The van der Waals surface area contributed by atoms with Gasteiger partial charge in [-0.05, 0) is 49.1 Å². The van der Waals surface area contributed by atoms with E-state index in [2.05, 4.69) is 34.1 Å². The van der Waals surface area contributed by atoms with Crippen molar-refractivity contribution in [3.05, 3.63) is 59.0 Å². The predicted octanol–water partition coefficient (Wildman–Crippen LogP) is 2.79. The summed E-state index contributed by atoms with van der Waals surface area (Å²) in [6.45, 7) is 5.33. The van der Waals surface area contributed by atoms with Gasteiger partial charge < -0.3 is 9.52 Å². The minimum absolute atomic E-state index is 0.0180. The average Bonchev–Trinajstić information content (AvgIpc) is 3.09. The molecule has 1 aromatic heterocycles.